The highest BCUT2D eigenvalue weighted by molar-refractivity contribution is 7.90. The number of rotatable bonds is 3. The first-order valence-corrected chi connectivity index (χ1v) is 10.2. The predicted molar refractivity (Wildman–Crippen MR) is 99.8 cm³/mol. The van der Waals surface area contributed by atoms with E-state index in [0.717, 1.165) is 47.8 Å². The molecule has 0 aliphatic carbocycles. The van der Waals surface area contributed by atoms with Crippen molar-refractivity contribution >= 4 is 21.6 Å². The highest BCUT2D eigenvalue weighted by Gasteiger charge is 2.32. The van der Waals surface area contributed by atoms with Gasteiger partial charge in [-0.05, 0) is 18.2 Å². The zero-order valence-corrected chi connectivity index (χ0v) is 15.4. The van der Waals surface area contributed by atoms with Crippen LogP contribution in [0.1, 0.15) is 11.1 Å². The van der Waals surface area contributed by atoms with Crippen LogP contribution < -0.4 is 19.2 Å². The van der Waals surface area contributed by atoms with Crippen LogP contribution in [0.2, 0.25) is 0 Å². The summed E-state index contributed by atoms with van der Waals surface area (Å²) >= 11 is 0. The van der Waals surface area contributed by atoms with Crippen LogP contribution in [0.25, 0.3) is 0 Å². The molecular formula is C18H20F2N4O2S. The average Bonchev–Trinajstić information content (AvgIpc) is 2.67. The highest BCUT2D eigenvalue weighted by atomic mass is 32.2. The topological polar surface area (TPSA) is 64.7 Å². The minimum absolute atomic E-state index is 0.0131. The molecule has 2 aliphatic heterocycles. The lowest BCUT2D eigenvalue weighted by atomic mass is 10.1. The zero-order chi connectivity index (χ0) is 19.0. The minimum atomic E-state index is -3.85. The maximum absolute atomic E-state index is 14.1. The van der Waals surface area contributed by atoms with Crippen molar-refractivity contribution in [3.05, 3.63) is 59.2 Å². The first kappa shape index (κ1) is 18.1. The lowest BCUT2D eigenvalue weighted by molar-refractivity contribution is 0.498. The molecule has 0 saturated carbocycles. The van der Waals surface area contributed by atoms with E-state index in [9.17, 15) is 17.2 Å². The van der Waals surface area contributed by atoms with E-state index >= 15 is 0 Å². The van der Waals surface area contributed by atoms with Gasteiger partial charge in [0.25, 0.3) is 0 Å². The van der Waals surface area contributed by atoms with Crippen LogP contribution in [0.5, 0.6) is 0 Å². The zero-order valence-electron chi connectivity index (χ0n) is 14.6. The molecule has 2 heterocycles. The van der Waals surface area contributed by atoms with Crippen molar-refractivity contribution in [2.24, 2.45) is 0 Å². The van der Waals surface area contributed by atoms with Gasteiger partial charge in [0.2, 0.25) is 0 Å². The number of halogens is 2. The van der Waals surface area contributed by atoms with Gasteiger partial charge in [-0.2, -0.15) is 13.1 Å². The average molecular weight is 394 g/mol. The molecular weight excluding hydrogens is 374 g/mol. The van der Waals surface area contributed by atoms with E-state index in [1.807, 2.05) is 6.07 Å². The second-order valence-corrected chi connectivity index (χ2v) is 8.24. The third-order valence-electron chi connectivity index (χ3n) is 4.92. The van der Waals surface area contributed by atoms with E-state index in [0.29, 0.717) is 5.69 Å². The van der Waals surface area contributed by atoms with E-state index in [-0.39, 0.29) is 18.7 Å². The van der Waals surface area contributed by atoms with Gasteiger partial charge in [-0.15, -0.1) is 0 Å². The van der Waals surface area contributed by atoms with E-state index in [1.54, 1.807) is 12.1 Å². The molecule has 27 heavy (non-hydrogen) atoms. The molecule has 2 aromatic rings. The molecule has 2 N–H and O–H groups in total. The Balaban J connectivity index is 1.75. The van der Waals surface area contributed by atoms with Gasteiger partial charge in [0.15, 0.2) is 11.6 Å². The fourth-order valence-electron chi connectivity index (χ4n) is 3.55. The van der Waals surface area contributed by atoms with E-state index in [1.165, 1.54) is 12.1 Å². The maximum atomic E-state index is 14.1. The lowest BCUT2D eigenvalue weighted by Gasteiger charge is -2.36. The summed E-state index contributed by atoms with van der Waals surface area (Å²) in [6.07, 6.45) is 0. The summed E-state index contributed by atoms with van der Waals surface area (Å²) in [6.45, 7) is 3.24. The first-order valence-electron chi connectivity index (χ1n) is 8.75. The molecule has 9 heteroatoms. The van der Waals surface area contributed by atoms with Crippen LogP contribution in [0, 0.1) is 11.6 Å². The Morgan fingerprint density at radius 2 is 1.70 bits per heavy atom. The fraction of sp³-hybridized carbons (Fsp3) is 0.333. The molecule has 0 amide bonds. The number of anilines is 2. The number of fused-ring (bicyclic) bond motifs is 1. The first-order chi connectivity index (χ1) is 13.0. The van der Waals surface area contributed by atoms with Gasteiger partial charge in [-0.25, -0.2) is 8.78 Å². The van der Waals surface area contributed by atoms with Crippen molar-refractivity contribution in [3.63, 3.8) is 0 Å². The largest absolute Gasteiger partial charge is 0.369 e. The summed E-state index contributed by atoms with van der Waals surface area (Å²) in [6, 6.07) is 9.24. The van der Waals surface area contributed by atoms with Gasteiger partial charge in [0.05, 0.1) is 12.2 Å². The molecule has 2 aliphatic rings. The van der Waals surface area contributed by atoms with Crippen LogP contribution >= 0.6 is 0 Å². The van der Waals surface area contributed by atoms with Crippen molar-refractivity contribution < 1.29 is 17.2 Å². The summed E-state index contributed by atoms with van der Waals surface area (Å²) < 4.78 is 56.5. The van der Waals surface area contributed by atoms with Crippen LogP contribution in [-0.4, -0.2) is 34.6 Å². The van der Waals surface area contributed by atoms with Crippen molar-refractivity contribution in [1.82, 2.24) is 10.0 Å². The summed E-state index contributed by atoms with van der Waals surface area (Å²) in [5, 5.41) is 3.29. The molecule has 4 rings (SSSR count). The predicted octanol–water partition coefficient (Wildman–Crippen LogP) is 1.73. The van der Waals surface area contributed by atoms with Gasteiger partial charge in [-0.1, -0.05) is 18.2 Å². The van der Waals surface area contributed by atoms with Gasteiger partial charge in [0.1, 0.15) is 0 Å². The van der Waals surface area contributed by atoms with Gasteiger partial charge < -0.3 is 10.2 Å². The third kappa shape index (κ3) is 3.38. The number of benzene rings is 2. The summed E-state index contributed by atoms with van der Waals surface area (Å²) in [7, 11) is -3.85. The Bertz CT molecular complexity index is 962. The molecule has 0 unspecified atom stereocenters. The maximum Gasteiger partial charge on any atom is 0.302 e. The molecule has 0 bridgehead atoms. The molecule has 2 aromatic carbocycles. The summed E-state index contributed by atoms with van der Waals surface area (Å²) in [5.41, 5.74) is 2.28. The number of piperazine rings is 1. The second kappa shape index (κ2) is 7.06. The number of nitrogens with zero attached hydrogens (tertiary/aromatic N) is 2. The molecule has 0 spiro atoms. The molecule has 1 saturated heterocycles. The van der Waals surface area contributed by atoms with Crippen molar-refractivity contribution in [1.29, 1.82) is 0 Å². The van der Waals surface area contributed by atoms with E-state index in [4.69, 9.17) is 0 Å². The number of hydrogen-bond donors (Lipinski definition) is 2. The Hall–Kier alpha value is -2.23. The molecule has 0 aromatic heterocycles. The summed E-state index contributed by atoms with van der Waals surface area (Å²) in [4.78, 5) is 2.20. The van der Waals surface area contributed by atoms with Crippen molar-refractivity contribution in [2.45, 2.75) is 13.1 Å². The fourth-order valence-corrected chi connectivity index (χ4v) is 4.77. The minimum Gasteiger partial charge on any atom is -0.369 e. The van der Waals surface area contributed by atoms with Crippen LogP contribution in [0.3, 0.4) is 0 Å². The van der Waals surface area contributed by atoms with Crippen molar-refractivity contribution in [2.75, 3.05) is 35.4 Å². The quantitative estimate of drug-likeness (QED) is 0.832. The smallest absolute Gasteiger partial charge is 0.302 e. The standard InChI is InChI=1S/C18H20F2N4O2S/c19-15-4-1-3-13(18(15)20)12-24-17-6-2-5-16(23-9-7-21-8-10-23)14(17)11-22-27(24,25)26/h1-6,21-22H,7-12H2. The Morgan fingerprint density at radius 3 is 2.48 bits per heavy atom. The van der Waals surface area contributed by atoms with Gasteiger partial charge in [0, 0.05) is 49.5 Å². The monoisotopic (exact) mass is 394 g/mol. The van der Waals surface area contributed by atoms with E-state index in [2.05, 4.69) is 14.9 Å². The summed E-state index contributed by atoms with van der Waals surface area (Å²) in [5.74, 6) is -2.03. The van der Waals surface area contributed by atoms with Crippen molar-refractivity contribution in [3.8, 4) is 0 Å². The lowest BCUT2D eigenvalue weighted by Crippen LogP contribution is -2.47. The Kier molecular flexibility index (Phi) is 4.75. The molecule has 0 atom stereocenters. The molecule has 0 radical (unpaired) electrons. The Labute approximate surface area is 157 Å². The molecule has 1 fully saturated rings. The SMILES string of the molecule is O=S1(=O)NCc2c(N3CCNCC3)cccc2N1Cc1cccc(F)c1F. The van der Waals surface area contributed by atoms with Crippen LogP contribution in [0.4, 0.5) is 20.2 Å². The Morgan fingerprint density at radius 1 is 1.00 bits per heavy atom. The normalized spacial score (nSPS) is 19.0. The number of hydrogen-bond acceptors (Lipinski definition) is 4. The van der Waals surface area contributed by atoms with E-state index < -0.39 is 21.8 Å². The van der Waals surface area contributed by atoms with Gasteiger partial charge >= 0.3 is 10.2 Å². The third-order valence-corrected chi connectivity index (χ3v) is 6.34. The number of nitrogens with one attached hydrogen (secondary N) is 2. The van der Waals surface area contributed by atoms with Crippen LogP contribution in [0.15, 0.2) is 36.4 Å². The second-order valence-electron chi connectivity index (χ2n) is 6.56. The van der Waals surface area contributed by atoms with Crippen LogP contribution in [-0.2, 0) is 23.3 Å². The molecule has 6 nitrogen and oxygen atoms in total. The molecule has 144 valence electrons. The van der Waals surface area contributed by atoms with Gasteiger partial charge in [-0.3, -0.25) is 4.31 Å². The highest BCUT2D eigenvalue weighted by Crippen LogP contribution is 2.36.